The van der Waals surface area contributed by atoms with Gasteiger partial charge in [-0.3, -0.25) is 19.6 Å². The number of rotatable bonds is 6. The highest BCUT2D eigenvalue weighted by atomic mass is 35.5. The molecule has 8 nitrogen and oxygen atoms in total. The molecule has 1 amide bonds. The van der Waals surface area contributed by atoms with E-state index in [0.29, 0.717) is 17.4 Å². The van der Waals surface area contributed by atoms with Gasteiger partial charge in [0.1, 0.15) is 0 Å². The van der Waals surface area contributed by atoms with Crippen molar-refractivity contribution in [2.45, 2.75) is 6.54 Å². The highest BCUT2D eigenvalue weighted by molar-refractivity contribution is 6.31. The molecule has 0 bridgehead atoms. The molecule has 9 heteroatoms. The fourth-order valence-corrected chi connectivity index (χ4v) is 2.68. The molecule has 1 N–H and O–H groups in total. The summed E-state index contributed by atoms with van der Waals surface area (Å²) in [6, 6.07) is 13.0. The quantitative estimate of drug-likeness (QED) is 0.513. The summed E-state index contributed by atoms with van der Waals surface area (Å²) < 4.78 is 6.56. The highest BCUT2D eigenvalue weighted by Crippen LogP contribution is 2.27. The average Bonchev–Trinajstić information content (AvgIpc) is 3.09. The van der Waals surface area contributed by atoms with Gasteiger partial charge in [0, 0.05) is 28.9 Å². The Morgan fingerprint density at radius 2 is 2.07 bits per heavy atom. The van der Waals surface area contributed by atoms with Gasteiger partial charge < -0.3 is 10.1 Å². The van der Waals surface area contributed by atoms with Crippen molar-refractivity contribution in [3.8, 4) is 5.75 Å². The average molecular weight is 387 g/mol. The first kappa shape index (κ1) is 18.4. The van der Waals surface area contributed by atoms with E-state index in [2.05, 4.69) is 10.4 Å². The summed E-state index contributed by atoms with van der Waals surface area (Å²) in [5, 5.41) is 18.6. The molecule has 2 aromatic carbocycles. The Bertz CT molecular complexity index is 1000. The van der Waals surface area contributed by atoms with Gasteiger partial charge in [-0.05, 0) is 23.8 Å². The third kappa shape index (κ3) is 4.24. The molecule has 3 aromatic rings. The van der Waals surface area contributed by atoms with Crippen molar-refractivity contribution in [1.82, 2.24) is 9.78 Å². The second-order valence-corrected chi connectivity index (χ2v) is 6.00. The number of nitro groups is 1. The number of anilines is 1. The summed E-state index contributed by atoms with van der Waals surface area (Å²) >= 11 is 6.13. The van der Waals surface area contributed by atoms with Gasteiger partial charge in [0.2, 0.25) is 0 Å². The zero-order valence-electron chi connectivity index (χ0n) is 14.3. The monoisotopic (exact) mass is 386 g/mol. The van der Waals surface area contributed by atoms with Gasteiger partial charge in [0.05, 0.1) is 18.6 Å². The van der Waals surface area contributed by atoms with Crippen LogP contribution in [0.1, 0.15) is 15.9 Å². The van der Waals surface area contributed by atoms with Crippen molar-refractivity contribution in [3.05, 3.63) is 81.0 Å². The number of amides is 1. The first-order valence-corrected chi connectivity index (χ1v) is 8.26. The van der Waals surface area contributed by atoms with E-state index >= 15 is 0 Å². The van der Waals surface area contributed by atoms with Crippen molar-refractivity contribution in [3.63, 3.8) is 0 Å². The summed E-state index contributed by atoms with van der Waals surface area (Å²) in [6.07, 6.45) is 1.70. The Morgan fingerprint density at radius 3 is 2.78 bits per heavy atom. The van der Waals surface area contributed by atoms with Crippen molar-refractivity contribution in [2.75, 3.05) is 12.4 Å². The number of halogens is 1. The van der Waals surface area contributed by atoms with E-state index in [1.54, 1.807) is 23.0 Å². The van der Waals surface area contributed by atoms with Gasteiger partial charge >= 0.3 is 5.69 Å². The van der Waals surface area contributed by atoms with Crippen LogP contribution < -0.4 is 10.1 Å². The summed E-state index contributed by atoms with van der Waals surface area (Å²) in [6.45, 7) is 0.448. The Morgan fingerprint density at radius 1 is 1.30 bits per heavy atom. The Kier molecular flexibility index (Phi) is 5.37. The minimum absolute atomic E-state index is 0.0839. The van der Waals surface area contributed by atoms with Gasteiger partial charge in [-0.15, -0.1) is 0 Å². The molecule has 0 saturated heterocycles. The zero-order chi connectivity index (χ0) is 19.4. The van der Waals surface area contributed by atoms with Gasteiger partial charge in [-0.2, -0.15) is 5.10 Å². The molecule has 0 radical (unpaired) electrons. The van der Waals surface area contributed by atoms with E-state index in [1.165, 1.54) is 19.2 Å². The molecular formula is C18H15ClN4O4. The number of methoxy groups -OCH3 is 1. The molecule has 0 aliphatic rings. The molecule has 0 aliphatic carbocycles. The van der Waals surface area contributed by atoms with E-state index < -0.39 is 10.8 Å². The van der Waals surface area contributed by atoms with Gasteiger partial charge in [-0.1, -0.05) is 29.8 Å². The Balaban J connectivity index is 1.74. The minimum Gasteiger partial charge on any atom is -0.490 e. The summed E-state index contributed by atoms with van der Waals surface area (Å²) in [7, 11) is 1.33. The molecule has 0 atom stereocenters. The number of ether oxygens (including phenoxy) is 1. The normalized spacial score (nSPS) is 10.4. The number of carbonyl (C=O) groups is 1. The second-order valence-electron chi connectivity index (χ2n) is 5.59. The molecule has 0 fully saturated rings. The number of nitrogens with zero attached hydrogens (tertiary/aromatic N) is 3. The van der Waals surface area contributed by atoms with Crippen molar-refractivity contribution < 1.29 is 14.5 Å². The van der Waals surface area contributed by atoms with Crippen LogP contribution in [0.5, 0.6) is 5.75 Å². The first-order chi connectivity index (χ1) is 13.0. The number of hydrogen-bond acceptors (Lipinski definition) is 5. The lowest BCUT2D eigenvalue weighted by atomic mass is 10.1. The topological polar surface area (TPSA) is 99.3 Å². The molecule has 1 heterocycles. The number of hydrogen-bond donors (Lipinski definition) is 1. The van der Waals surface area contributed by atoms with Crippen LogP contribution in [0.2, 0.25) is 5.02 Å². The van der Waals surface area contributed by atoms with Crippen LogP contribution in [0.4, 0.5) is 11.5 Å². The van der Waals surface area contributed by atoms with Crippen LogP contribution in [0.3, 0.4) is 0 Å². The van der Waals surface area contributed by atoms with Crippen molar-refractivity contribution in [1.29, 1.82) is 0 Å². The fourth-order valence-electron chi connectivity index (χ4n) is 2.48. The molecule has 138 valence electrons. The van der Waals surface area contributed by atoms with Crippen LogP contribution in [0.25, 0.3) is 0 Å². The number of benzene rings is 2. The molecular weight excluding hydrogens is 372 g/mol. The third-order valence-electron chi connectivity index (χ3n) is 3.81. The number of aromatic nitrogens is 2. The standard InChI is InChI=1S/C18H15ClN4O4/c1-27-16-7-6-12(10-15(16)23(25)26)18(24)20-17-8-9-22(21-17)11-13-4-2-3-5-14(13)19/h2-10H,11H2,1H3,(H,20,21,24). The zero-order valence-corrected chi connectivity index (χ0v) is 15.0. The molecule has 27 heavy (non-hydrogen) atoms. The van der Waals surface area contributed by atoms with Crippen molar-refractivity contribution >= 4 is 29.0 Å². The first-order valence-electron chi connectivity index (χ1n) is 7.88. The molecule has 1 aromatic heterocycles. The Hall–Kier alpha value is -3.39. The lowest BCUT2D eigenvalue weighted by Gasteiger charge is -2.06. The summed E-state index contributed by atoms with van der Waals surface area (Å²) in [5.41, 5.74) is 0.739. The smallest absolute Gasteiger partial charge is 0.311 e. The second kappa shape index (κ2) is 7.88. The molecule has 0 spiro atoms. The van der Waals surface area contributed by atoms with Gasteiger partial charge in [-0.25, -0.2) is 0 Å². The van der Waals surface area contributed by atoms with Gasteiger partial charge in [0.15, 0.2) is 11.6 Å². The Labute approximate surface area is 159 Å². The van der Waals surface area contributed by atoms with Crippen LogP contribution in [0, 0.1) is 10.1 Å². The van der Waals surface area contributed by atoms with Crippen LogP contribution >= 0.6 is 11.6 Å². The predicted octanol–water partition coefficient (Wildman–Crippen LogP) is 3.75. The summed E-state index contributed by atoms with van der Waals surface area (Å²) in [4.78, 5) is 22.8. The molecule has 0 saturated carbocycles. The van der Waals surface area contributed by atoms with E-state index in [9.17, 15) is 14.9 Å². The number of carbonyl (C=O) groups excluding carboxylic acids is 1. The maximum Gasteiger partial charge on any atom is 0.311 e. The maximum atomic E-state index is 12.4. The molecule has 0 unspecified atom stereocenters. The van der Waals surface area contributed by atoms with Crippen LogP contribution in [0.15, 0.2) is 54.7 Å². The van der Waals surface area contributed by atoms with Crippen molar-refractivity contribution in [2.24, 2.45) is 0 Å². The molecule has 0 aliphatic heterocycles. The van der Waals surface area contributed by atoms with Crippen LogP contribution in [-0.4, -0.2) is 27.7 Å². The molecule has 3 rings (SSSR count). The fraction of sp³-hybridized carbons (Fsp3) is 0.111. The van der Waals surface area contributed by atoms with E-state index in [1.807, 2.05) is 18.2 Å². The lowest BCUT2D eigenvalue weighted by molar-refractivity contribution is -0.385. The maximum absolute atomic E-state index is 12.4. The predicted molar refractivity (Wildman–Crippen MR) is 100 cm³/mol. The number of nitro benzene ring substituents is 1. The number of nitrogens with one attached hydrogen (secondary N) is 1. The third-order valence-corrected chi connectivity index (χ3v) is 4.18. The summed E-state index contributed by atoms with van der Waals surface area (Å²) in [5.74, 6) is -0.102. The highest BCUT2D eigenvalue weighted by Gasteiger charge is 2.18. The largest absolute Gasteiger partial charge is 0.490 e. The van der Waals surface area contributed by atoms with Crippen LogP contribution in [-0.2, 0) is 6.54 Å². The van der Waals surface area contributed by atoms with E-state index in [-0.39, 0.29) is 17.0 Å². The van der Waals surface area contributed by atoms with E-state index in [4.69, 9.17) is 16.3 Å². The minimum atomic E-state index is -0.603. The SMILES string of the molecule is COc1ccc(C(=O)Nc2ccn(Cc3ccccc3Cl)n2)cc1[N+](=O)[O-]. The van der Waals surface area contributed by atoms with Gasteiger partial charge in [0.25, 0.3) is 5.91 Å². The lowest BCUT2D eigenvalue weighted by Crippen LogP contribution is -2.13. The van der Waals surface area contributed by atoms with E-state index in [0.717, 1.165) is 11.6 Å².